The van der Waals surface area contributed by atoms with Gasteiger partial charge in [-0.25, -0.2) is 45.2 Å². The van der Waals surface area contributed by atoms with Gasteiger partial charge in [-0.15, -0.1) is 0 Å². The van der Waals surface area contributed by atoms with Gasteiger partial charge in [0, 0.05) is 18.7 Å². The van der Waals surface area contributed by atoms with E-state index in [0.717, 1.165) is 18.7 Å². The molecular weight excluding hydrogens is 488 g/mol. The van der Waals surface area contributed by atoms with Crippen molar-refractivity contribution in [1.29, 1.82) is 0 Å². The van der Waals surface area contributed by atoms with Crippen LogP contribution in [0.25, 0.3) is 11.3 Å². The number of benzene rings is 1. The molecule has 0 saturated carbocycles. The smallest absolute Gasteiger partial charge is 0.226 e. The molecule has 0 aliphatic rings. The predicted octanol–water partition coefficient (Wildman–Crippen LogP) is 1.54. The van der Waals surface area contributed by atoms with E-state index in [1.54, 1.807) is 6.07 Å². The minimum atomic E-state index is -4.16. The summed E-state index contributed by atoms with van der Waals surface area (Å²) in [4.78, 5) is 15.2. The van der Waals surface area contributed by atoms with Crippen LogP contribution in [0.3, 0.4) is 0 Å². The Kier molecular flexibility index (Phi) is 5.90. The lowest BCUT2D eigenvalue weighted by molar-refractivity contribution is 0.585. The Morgan fingerprint density at radius 1 is 0.806 bits per heavy atom. The van der Waals surface area contributed by atoms with Crippen molar-refractivity contribution < 1.29 is 25.3 Å². The standard InChI is InChI=1S/C17H15ClN4O6S3/c1-10-13(18)14(21-17(20-10)31(27,28)11-7-5-4-6-8-11)12-9-19-16(30(3,25)26)22-15(12)29(2,23)24/h4-9H,1-3H3. The molecule has 3 rings (SSSR count). The van der Waals surface area contributed by atoms with E-state index < -0.39 is 44.9 Å². The number of sulfone groups is 3. The molecule has 0 unspecified atom stereocenters. The van der Waals surface area contributed by atoms with Crippen LogP contribution in [-0.4, -0.2) is 57.7 Å². The Hall–Kier alpha value is -2.48. The molecule has 0 N–H and O–H groups in total. The van der Waals surface area contributed by atoms with Crippen molar-refractivity contribution in [3.63, 3.8) is 0 Å². The molecule has 0 saturated heterocycles. The highest BCUT2D eigenvalue weighted by atomic mass is 35.5. The second kappa shape index (κ2) is 7.89. The summed E-state index contributed by atoms with van der Waals surface area (Å²) in [5.41, 5.74) is -0.452. The molecule has 3 aromatic rings. The predicted molar refractivity (Wildman–Crippen MR) is 111 cm³/mol. The SMILES string of the molecule is Cc1nc(S(=O)(=O)c2ccccc2)nc(-c2cnc(S(C)(=O)=O)nc2S(C)(=O)=O)c1Cl. The first kappa shape index (κ1) is 23.2. The van der Waals surface area contributed by atoms with Gasteiger partial charge in [-0.1, -0.05) is 29.8 Å². The fraction of sp³-hybridized carbons (Fsp3) is 0.176. The van der Waals surface area contributed by atoms with Crippen LogP contribution in [0.15, 0.2) is 56.8 Å². The lowest BCUT2D eigenvalue weighted by Crippen LogP contribution is -2.13. The maximum Gasteiger partial charge on any atom is 0.252 e. The first-order chi connectivity index (χ1) is 14.2. The Labute approximate surface area is 184 Å². The quantitative estimate of drug-likeness (QED) is 0.370. The zero-order valence-electron chi connectivity index (χ0n) is 16.3. The van der Waals surface area contributed by atoms with E-state index in [2.05, 4.69) is 19.9 Å². The fourth-order valence-corrected chi connectivity index (χ4v) is 5.25. The van der Waals surface area contributed by atoms with Crippen LogP contribution in [0.2, 0.25) is 5.02 Å². The molecule has 31 heavy (non-hydrogen) atoms. The van der Waals surface area contributed by atoms with Crippen molar-refractivity contribution >= 4 is 41.1 Å². The summed E-state index contributed by atoms with van der Waals surface area (Å²) in [7, 11) is -12.2. The van der Waals surface area contributed by atoms with Gasteiger partial charge in [-0.2, -0.15) is 0 Å². The lowest BCUT2D eigenvalue weighted by Gasteiger charge is -2.12. The monoisotopic (exact) mass is 502 g/mol. The van der Waals surface area contributed by atoms with Gasteiger partial charge < -0.3 is 0 Å². The van der Waals surface area contributed by atoms with E-state index in [0.29, 0.717) is 0 Å². The molecule has 1 aromatic carbocycles. The highest BCUT2D eigenvalue weighted by Gasteiger charge is 2.28. The third-order valence-corrected chi connectivity index (χ3v) is 7.84. The first-order valence-electron chi connectivity index (χ1n) is 8.34. The molecule has 14 heteroatoms. The molecule has 0 radical (unpaired) electrons. The third-order valence-electron chi connectivity index (χ3n) is 3.96. The van der Waals surface area contributed by atoms with Gasteiger partial charge in [0.1, 0.15) is 0 Å². The second-order valence-electron chi connectivity index (χ2n) is 6.49. The molecule has 2 aromatic heterocycles. The van der Waals surface area contributed by atoms with E-state index >= 15 is 0 Å². The number of nitrogens with zero attached hydrogens (tertiary/aromatic N) is 4. The summed E-state index contributed by atoms with van der Waals surface area (Å²) < 4.78 is 74.1. The second-order valence-corrected chi connectivity index (χ2v) is 12.5. The number of aromatic nitrogens is 4. The molecule has 2 heterocycles. The Morgan fingerprint density at radius 2 is 1.42 bits per heavy atom. The van der Waals surface area contributed by atoms with Crippen molar-refractivity contribution in [2.24, 2.45) is 0 Å². The molecule has 0 spiro atoms. The zero-order valence-corrected chi connectivity index (χ0v) is 19.5. The first-order valence-corrected chi connectivity index (χ1v) is 14.0. The molecule has 0 aliphatic heterocycles. The van der Waals surface area contributed by atoms with E-state index in [1.807, 2.05) is 0 Å². The highest BCUT2D eigenvalue weighted by Crippen LogP contribution is 2.33. The Balaban J connectivity index is 2.35. The maximum atomic E-state index is 13.0. The molecule has 0 bridgehead atoms. The van der Waals surface area contributed by atoms with Crippen molar-refractivity contribution in [2.75, 3.05) is 12.5 Å². The van der Waals surface area contributed by atoms with Crippen LogP contribution in [0.1, 0.15) is 5.69 Å². The van der Waals surface area contributed by atoms with Crippen LogP contribution in [0, 0.1) is 6.92 Å². The van der Waals surface area contributed by atoms with Gasteiger partial charge in [-0.05, 0) is 19.1 Å². The molecule has 0 aliphatic carbocycles. The number of aryl methyl sites for hydroxylation is 1. The summed E-state index contributed by atoms with van der Waals surface area (Å²) in [6.45, 7) is 1.42. The van der Waals surface area contributed by atoms with Crippen LogP contribution in [0.4, 0.5) is 0 Å². The largest absolute Gasteiger partial charge is 0.252 e. The minimum absolute atomic E-state index is 0.0628. The highest BCUT2D eigenvalue weighted by molar-refractivity contribution is 7.91. The number of halogens is 1. The van der Waals surface area contributed by atoms with E-state index in [9.17, 15) is 25.3 Å². The van der Waals surface area contributed by atoms with Crippen molar-refractivity contribution in [2.45, 2.75) is 27.2 Å². The third kappa shape index (κ3) is 4.59. The molecule has 10 nitrogen and oxygen atoms in total. The van der Waals surface area contributed by atoms with Gasteiger partial charge in [0.15, 0.2) is 14.9 Å². The fourth-order valence-electron chi connectivity index (χ4n) is 2.51. The van der Waals surface area contributed by atoms with E-state index in [-0.39, 0.29) is 26.9 Å². The van der Waals surface area contributed by atoms with Crippen molar-refractivity contribution in [3.8, 4) is 11.3 Å². The lowest BCUT2D eigenvalue weighted by atomic mass is 10.2. The van der Waals surface area contributed by atoms with Crippen LogP contribution in [-0.2, 0) is 29.5 Å². The molecule has 0 amide bonds. The average Bonchev–Trinajstić information content (AvgIpc) is 2.68. The average molecular weight is 503 g/mol. The van der Waals surface area contributed by atoms with Crippen molar-refractivity contribution in [3.05, 3.63) is 47.2 Å². The molecule has 0 fully saturated rings. The van der Waals surface area contributed by atoms with Gasteiger partial charge >= 0.3 is 0 Å². The van der Waals surface area contributed by atoms with Gasteiger partial charge in [0.2, 0.25) is 24.8 Å². The normalized spacial score (nSPS) is 12.6. The van der Waals surface area contributed by atoms with Crippen molar-refractivity contribution in [1.82, 2.24) is 19.9 Å². The Morgan fingerprint density at radius 3 is 1.97 bits per heavy atom. The van der Waals surface area contributed by atoms with Crippen LogP contribution in [0.5, 0.6) is 0 Å². The summed E-state index contributed by atoms with van der Waals surface area (Å²) in [6, 6.07) is 7.39. The van der Waals surface area contributed by atoms with E-state index in [4.69, 9.17) is 11.6 Å². The molecule has 164 valence electrons. The van der Waals surface area contributed by atoms with Gasteiger partial charge in [-0.3, -0.25) is 0 Å². The molecular formula is C17H15ClN4O6S3. The van der Waals surface area contributed by atoms with E-state index in [1.165, 1.54) is 31.2 Å². The summed E-state index contributed by atoms with van der Waals surface area (Å²) in [6.07, 6.45) is 2.56. The molecule has 0 atom stereocenters. The zero-order chi connectivity index (χ0) is 23.2. The Bertz CT molecular complexity index is 1510. The number of hydrogen-bond donors (Lipinski definition) is 0. The summed E-state index contributed by atoms with van der Waals surface area (Å²) in [5, 5.41) is -2.11. The van der Waals surface area contributed by atoms with Gasteiger partial charge in [0.05, 0.1) is 26.9 Å². The number of hydrogen-bond acceptors (Lipinski definition) is 10. The minimum Gasteiger partial charge on any atom is -0.226 e. The topological polar surface area (TPSA) is 154 Å². The number of rotatable bonds is 5. The maximum absolute atomic E-state index is 13.0. The summed E-state index contributed by atoms with van der Waals surface area (Å²) in [5.74, 6) is 0. The van der Waals surface area contributed by atoms with Crippen LogP contribution >= 0.6 is 11.6 Å². The van der Waals surface area contributed by atoms with Crippen LogP contribution < -0.4 is 0 Å². The van der Waals surface area contributed by atoms with Gasteiger partial charge in [0.25, 0.3) is 5.16 Å². The summed E-state index contributed by atoms with van der Waals surface area (Å²) >= 11 is 6.26.